The number of hydrogen-bond acceptors (Lipinski definition) is 6. The number of nitrogens with zero attached hydrogens (tertiary/aromatic N) is 1. The van der Waals surface area contributed by atoms with E-state index < -0.39 is 23.2 Å². The lowest BCUT2D eigenvalue weighted by molar-refractivity contribution is -0.142. The van der Waals surface area contributed by atoms with E-state index in [9.17, 15) is 19.1 Å². The summed E-state index contributed by atoms with van der Waals surface area (Å²) >= 11 is 0. The number of carboxylic acids is 1. The van der Waals surface area contributed by atoms with E-state index >= 15 is 0 Å². The lowest BCUT2D eigenvalue weighted by atomic mass is 9.84. The predicted octanol–water partition coefficient (Wildman–Crippen LogP) is 3.51. The third-order valence-corrected chi connectivity index (χ3v) is 6.33. The highest BCUT2D eigenvalue weighted by atomic mass is 19.1. The number of halogens is 1. The van der Waals surface area contributed by atoms with Crippen LogP contribution in [0.5, 0.6) is 5.75 Å². The molecule has 9 heteroatoms. The third-order valence-electron chi connectivity index (χ3n) is 6.33. The number of benzene rings is 2. The van der Waals surface area contributed by atoms with Gasteiger partial charge in [-0.2, -0.15) is 0 Å². The van der Waals surface area contributed by atoms with Crippen LogP contribution in [0.15, 0.2) is 42.5 Å². The second kappa shape index (κ2) is 9.89. The second-order valence-electron chi connectivity index (χ2n) is 9.91. The number of carbonyl (C=O) groups excluding carboxylic acids is 1. The summed E-state index contributed by atoms with van der Waals surface area (Å²) in [6, 6.07) is 11.2. The van der Waals surface area contributed by atoms with Gasteiger partial charge in [0, 0.05) is 24.1 Å². The Morgan fingerprint density at radius 3 is 2.41 bits per heavy atom. The summed E-state index contributed by atoms with van der Waals surface area (Å²) in [5.41, 5.74) is -0.485. The molecule has 0 aliphatic carbocycles. The van der Waals surface area contributed by atoms with E-state index in [0.29, 0.717) is 32.8 Å². The predicted molar refractivity (Wildman–Crippen MR) is 137 cm³/mol. The van der Waals surface area contributed by atoms with E-state index in [-0.39, 0.29) is 25.5 Å². The van der Waals surface area contributed by atoms with Gasteiger partial charge in [-0.25, -0.2) is 18.5 Å². The molecule has 3 aromatic rings. The summed E-state index contributed by atoms with van der Waals surface area (Å²) < 4.78 is 32.1. The zero-order valence-electron chi connectivity index (χ0n) is 21.6. The van der Waals surface area contributed by atoms with Gasteiger partial charge in [-0.3, -0.25) is 0 Å². The maximum atomic E-state index is 13.4. The van der Waals surface area contributed by atoms with Crippen molar-refractivity contribution in [2.24, 2.45) is 0 Å². The van der Waals surface area contributed by atoms with E-state index in [1.807, 2.05) is 0 Å². The zero-order chi connectivity index (χ0) is 27.0. The van der Waals surface area contributed by atoms with Crippen molar-refractivity contribution in [1.29, 1.82) is 0 Å². The molecule has 1 atom stereocenters. The molecule has 2 aromatic carbocycles. The molecule has 1 unspecified atom stereocenters. The van der Waals surface area contributed by atoms with Gasteiger partial charge in [-0.1, -0.05) is 25.1 Å². The van der Waals surface area contributed by atoms with Gasteiger partial charge < -0.3 is 24.6 Å². The van der Waals surface area contributed by atoms with Gasteiger partial charge in [0.25, 0.3) is 0 Å². The summed E-state index contributed by atoms with van der Waals surface area (Å²) in [6.07, 6.45) is 1.16. The van der Waals surface area contributed by atoms with Crippen LogP contribution in [-0.4, -0.2) is 46.6 Å². The summed E-state index contributed by atoms with van der Waals surface area (Å²) in [5.74, 6) is -0.965. The van der Waals surface area contributed by atoms with Crippen LogP contribution in [0.3, 0.4) is 0 Å². The van der Waals surface area contributed by atoms with Gasteiger partial charge in [-0.15, -0.1) is 0 Å². The number of aromatic nitrogens is 1. The average molecular weight is 511 g/mol. The number of aliphatic carboxylic acids is 1. The number of nitrogens with one attached hydrogen (secondary N) is 1. The molecular formula is C28H31FN2O6. The Hall–Kier alpha value is -3.85. The maximum Gasteiger partial charge on any atom is 0.419 e. The first kappa shape index (κ1) is 26.2. The van der Waals surface area contributed by atoms with Crippen LogP contribution in [0.25, 0.3) is 22.7 Å². The van der Waals surface area contributed by atoms with E-state index in [0.717, 1.165) is 5.56 Å². The molecule has 0 saturated heterocycles. The van der Waals surface area contributed by atoms with Gasteiger partial charge in [-0.05, 0) is 57.0 Å². The highest BCUT2D eigenvalue weighted by molar-refractivity contribution is 6.00. The van der Waals surface area contributed by atoms with Crippen LogP contribution in [-0.2, 0) is 20.9 Å². The Kier molecular flexibility index (Phi) is 7.01. The Morgan fingerprint density at radius 2 is 1.81 bits per heavy atom. The van der Waals surface area contributed by atoms with Crippen molar-refractivity contribution < 1.29 is 33.3 Å². The number of ether oxygens (including phenoxy) is 3. The Bertz CT molecular complexity index is 1470. The van der Waals surface area contributed by atoms with Crippen molar-refractivity contribution >= 4 is 34.7 Å². The molecule has 37 heavy (non-hydrogen) atoms. The van der Waals surface area contributed by atoms with Gasteiger partial charge in [0.2, 0.25) is 0 Å². The van der Waals surface area contributed by atoms with Gasteiger partial charge in [0.05, 0.1) is 22.9 Å². The van der Waals surface area contributed by atoms with Crippen molar-refractivity contribution in [2.45, 2.75) is 51.9 Å². The van der Waals surface area contributed by atoms with E-state index in [2.05, 4.69) is 5.32 Å². The number of rotatable bonds is 7. The highest BCUT2D eigenvalue weighted by Gasteiger charge is 2.43. The van der Waals surface area contributed by atoms with Crippen LogP contribution >= 0.6 is 0 Å². The van der Waals surface area contributed by atoms with Crippen molar-refractivity contribution in [3.05, 3.63) is 64.4 Å². The Morgan fingerprint density at radius 1 is 1.11 bits per heavy atom. The first-order chi connectivity index (χ1) is 17.5. The number of carbonyl (C=O) groups is 2. The van der Waals surface area contributed by atoms with Gasteiger partial charge in [0.1, 0.15) is 23.8 Å². The smallest absolute Gasteiger partial charge is 0.419 e. The highest BCUT2D eigenvalue weighted by Crippen LogP contribution is 2.29. The number of hydrogen-bond donors (Lipinski definition) is 2. The van der Waals surface area contributed by atoms with Crippen molar-refractivity contribution in [3.63, 3.8) is 0 Å². The van der Waals surface area contributed by atoms with Crippen molar-refractivity contribution in [1.82, 2.24) is 9.88 Å². The molecule has 2 N–H and O–H groups in total. The van der Waals surface area contributed by atoms with E-state index in [4.69, 9.17) is 14.2 Å². The summed E-state index contributed by atoms with van der Waals surface area (Å²) in [5, 5.41) is 14.9. The zero-order valence-corrected chi connectivity index (χ0v) is 21.6. The minimum absolute atomic E-state index is 0.00765. The number of carboxylic acid groups (broad SMARTS) is 1. The molecule has 0 amide bonds. The fraction of sp³-hybridized carbons (Fsp3) is 0.357. The molecule has 1 aromatic heterocycles. The van der Waals surface area contributed by atoms with E-state index in [1.165, 1.54) is 23.8 Å². The van der Waals surface area contributed by atoms with Gasteiger partial charge in [0.15, 0.2) is 5.54 Å². The molecule has 1 aliphatic rings. The molecule has 0 spiro atoms. The van der Waals surface area contributed by atoms with Crippen LogP contribution in [0.4, 0.5) is 9.18 Å². The summed E-state index contributed by atoms with van der Waals surface area (Å²) in [7, 11) is 1.49. The normalized spacial score (nSPS) is 17.1. The first-order valence-electron chi connectivity index (χ1n) is 12.0. The Balaban J connectivity index is 2.04. The van der Waals surface area contributed by atoms with Crippen molar-refractivity contribution in [2.75, 3.05) is 13.7 Å². The maximum absolute atomic E-state index is 13.4. The van der Waals surface area contributed by atoms with Crippen LogP contribution in [0.2, 0.25) is 0 Å². The monoisotopic (exact) mass is 510 g/mol. The second-order valence-corrected chi connectivity index (χ2v) is 9.91. The lowest BCUT2D eigenvalue weighted by Gasteiger charge is -2.33. The molecule has 2 heterocycles. The molecule has 0 radical (unpaired) electrons. The molecule has 0 fully saturated rings. The van der Waals surface area contributed by atoms with Crippen LogP contribution in [0.1, 0.15) is 39.7 Å². The molecule has 0 saturated carbocycles. The minimum Gasteiger partial charge on any atom is -0.488 e. The molecule has 1 aliphatic heterocycles. The number of fused-ring (bicyclic) bond motifs is 3. The molecule has 196 valence electrons. The largest absolute Gasteiger partial charge is 0.488 e. The SMILES string of the molecule is CCC1(C(=O)O)NC=c2c(c3c(OCc4ccc(F)cc4)cccc3n2C(=O)OC(C)(C)C)=C1COC. The molecule has 8 nitrogen and oxygen atoms in total. The summed E-state index contributed by atoms with van der Waals surface area (Å²) in [4.78, 5) is 26.0. The Labute approximate surface area is 213 Å². The van der Waals surface area contributed by atoms with Gasteiger partial charge >= 0.3 is 12.1 Å². The van der Waals surface area contributed by atoms with Crippen molar-refractivity contribution in [3.8, 4) is 5.75 Å². The number of methoxy groups -OCH3 is 1. The molecule has 0 bridgehead atoms. The van der Waals surface area contributed by atoms with E-state index in [1.54, 1.807) is 64.2 Å². The molecular weight excluding hydrogens is 479 g/mol. The first-order valence-corrected chi connectivity index (χ1v) is 12.0. The quantitative estimate of drug-likeness (QED) is 0.502. The molecule has 4 rings (SSSR count). The van der Waals surface area contributed by atoms with Crippen LogP contribution in [0, 0.1) is 5.82 Å². The van der Waals surface area contributed by atoms with Crippen LogP contribution < -0.4 is 20.6 Å². The third kappa shape index (κ3) is 4.79. The fourth-order valence-corrected chi connectivity index (χ4v) is 4.62. The lowest BCUT2D eigenvalue weighted by Crippen LogP contribution is -2.59. The average Bonchev–Trinajstić information content (AvgIpc) is 3.18. The fourth-order valence-electron chi connectivity index (χ4n) is 4.62. The standard InChI is InChI=1S/C28H31FN2O6/c1-6-28(25(32)33)19(16-35-5)23-21(14-30-28)31(26(34)37-27(2,3)4)20-8-7-9-22(24(20)23)36-15-17-10-12-18(29)13-11-17/h7-14,30H,6,15-16H2,1-5H3,(H,32,33). The topological polar surface area (TPSA) is 99.0 Å². The summed E-state index contributed by atoms with van der Waals surface area (Å²) in [6.45, 7) is 7.25. The minimum atomic E-state index is -1.44.